The lowest BCUT2D eigenvalue weighted by Gasteiger charge is -2.42. The Balaban J connectivity index is 2.54. The lowest BCUT2D eigenvalue weighted by Crippen LogP contribution is -2.53. The van der Waals surface area contributed by atoms with Gasteiger partial charge in [0, 0.05) is 6.42 Å². The minimum Gasteiger partial charge on any atom is -0.324 e. The van der Waals surface area contributed by atoms with E-state index in [0.717, 1.165) is 35.1 Å². The number of hydrogen-bond acceptors (Lipinski definition) is 1. The molecule has 0 fully saturated rings. The third-order valence-corrected chi connectivity index (χ3v) is 5.83. The average Bonchev–Trinajstić information content (AvgIpc) is 2.66. The Labute approximate surface area is 147 Å². The molecule has 0 aliphatic heterocycles. The molecule has 0 radical (unpaired) electrons. The van der Waals surface area contributed by atoms with Crippen molar-refractivity contribution in [2.45, 2.75) is 38.6 Å². The first-order valence-corrected chi connectivity index (χ1v) is 8.89. The predicted octanol–water partition coefficient (Wildman–Crippen LogP) is 4.76. The van der Waals surface area contributed by atoms with Gasteiger partial charge in [0.25, 0.3) is 0 Å². The highest BCUT2D eigenvalue weighted by atomic mass is 15.3. The molecule has 0 saturated carbocycles. The smallest absolute Gasteiger partial charge is 0.113 e. The van der Waals surface area contributed by atoms with E-state index in [1.54, 1.807) is 0 Å². The Kier molecular flexibility index (Phi) is 5.80. The van der Waals surface area contributed by atoms with Crippen molar-refractivity contribution in [2.75, 3.05) is 20.1 Å². The molecule has 0 bridgehead atoms. The molecule has 1 atom stereocenters. The molecular formula is C22H29N2+. The van der Waals surface area contributed by atoms with Crippen molar-refractivity contribution in [1.82, 2.24) is 0 Å². The summed E-state index contributed by atoms with van der Waals surface area (Å²) in [5.41, 5.74) is 1.57. The summed E-state index contributed by atoms with van der Waals surface area (Å²) in [7, 11) is 2.29. The maximum atomic E-state index is 10.3. The fraction of sp³-hybridized carbons (Fsp3) is 0.409. The molecular weight excluding hydrogens is 292 g/mol. The fourth-order valence-electron chi connectivity index (χ4n) is 3.53. The number of hydrogen-bond donors (Lipinski definition) is 0. The lowest BCUT2D eigenvalue weighted by atomic mass is 9.71. The fourth-order valence-corrected chi connectivity index (χ4v) is 3.53. The van der Waals surface area contributed by atoms with Gasteiger partial charge in [-0.2, -0.15) is 5.26 Å². The quantitative estimate of drug-likeness (QED) is 0.674. The SMILES string of the molecule is CC[N+](C)(CC)C(C)CC(C#N)(c1ccccc1)c1ccccc1. The summed E-state index contributed by atoms with van der Waals surface area (Å²) in [5, 5.41) is 10.3. The molecule has 0 aliphatic carbocycles. The number of nitriles is 1. The lowest BCUT2D eigenvalue weighted by molar-refractivity contribution is -0.929. The highest BCUT2D eigenvalue weighted by molar-refractivity contribution is 5.45. The minimum atomic E-state index is -0.605. The Morgan fingerprint density at radius 1 is 0.917 bits per heavy atom. The van der Waals surface area contributed by atoms with Crippen molar-refractivity contribution in [3.63, 3.8) is 0 Å². The van der Waals surface area contributed by atoms with Crippen molar-refractivity contribution < 1.29 is 4.48 Å². The molecule has 0 amide bonds. The van der Waals surface area contributed by atoms with Crippen LogP contribution in [0, 0.1) is 11.3 Å². The Hall–Kier alpha value is -2.11. The van der Waals surface area contributed by atoms with Crippen LogP contribution in [0.3, 0.4) is 0 Å². The molecule has 0 saturated heterocycles. The molecule has 0 N–H and O–H groups in total. The monoisotopic (exact) mass is 321 g/mol. The summed E-state index contributed by atoms with van der Waals surface area (Å²) in [6.45, 7) is 8.90. The summed E-state index contributed by atoms with van der Waals surface area (Å²) in [6, 6.07) is 23.6. The molecule has 0 aliphatic rings. The van der Waals surface area contributed by atoms with Crippen LogP contribution in [0.4, 0.5) is 0 Å². The summed E-state index contributed by atoms with van der Waals surface area (Å²) < 4.78 is 0.975. The summed E-state index contributed by atoms with van der Waals surface area (Å²) in [5.74, 6) is 0. The predicted molar refractivity (Wildman–Crippen MR) is 101 cm³/mol. The van der Waals surface area contributed by atoms with E-state index in [2.05, 4.69) is 58.2 Å². The Morgan fingerprint density at radius 2 is 1.33 bits per heavy atom. The van der Waals surface area contributed by atoms with Crippen molar-refractivity contribution in [3.8, 4) is 6.07 Å². The molecule has 2 aromatic carbocycles. The average molecular weight is 321 g/mol. The first-order valence-electron chi connectivity index (χ1n) is 8.89. The van der Waals surface area contributed by atoms with Crippen molar-refractivity contribution in [3.05, 3.63) is 71.8 Å². The van der Waals surface area contributed by atoms with E-state index in [0.29, 0.717) is 6.04 Å². The first-order chi connectivity index (χ1) is 11.5. The van der Waals surface area contributed by atoms with Crippen molar-refractivity contribution >= 4 is 0 Å². The second-order valence-corrected chi connectivity index (χ2v) is 6.91. The third kappa shape index (κ3) is 3.37. The number of rotatable bonds is 7. The maximum absolute atomic E-state index is 10.3. The van der Waals surface area contributed by atoms with Gasteiger partial charge in [0.2, 0.25) is 0 Å². The van der Waals surface area contributed by atoms with Gasteiger partial charge < -0.3 is 4.48 Å². The Morgan fingerprint density at radius 3 is 1.67 bits per heavy atom. The number of benzene rings is 2. The highest BCUT2D eigenvalue weighted by Crippen LogP contribution is 2.38. The zero-order chi connectivity index (χ0) is 17.6. The van der Waals surface area contributed by atoms with E-state index in [1.807, 2.05) is 36.4 Å². The zero-order valence-corrected chi connectivity index (χ0v) is 15.4. The van der Waals surface area contributed by atoms with E-state index in [1.165, 1.54) is 0 Å². The molecule has 2 aromatic rings. The van der Waals surface area contributed by atoms with Gasteiger partial charge in [-0.3, -0.25) is 0 Å². The molecule has 0 spiro atoms. The van der Waals surface area contributed by atoms with Gasteiger partial charge in [0.05, 0.1) is 32.2 Å². The van der Waals surface area contributed by atoms with Gasteiger partial charge in [-0.05, 0) is 31.9 Å². The van der Waals surface area contributed by atoms with E-state index < -0.39 is 5.41 Å². The Bertz CT molecular complexity index is 627. The van der Waals surface area contributed by atoms with Crippen molar-refractivity contribution in [2.24, 2.45) is 0 Å². The molecule has 0 heterocycles. The normalized spacial score (nSPS) is 13.3. The standard InChI is InChI=1S/C22H29N2/c1-5-24(4,6-2)19(3)17-22(18-23,20-13-9-7-10-14-20)21-15-11-8-12-16-21/h7-16,19H,5-6,17H2,1-4H3/q+1. The van der Waals surface area contributed by atoms with Gasteiger partial charge >= 0.3 is 0 Å². The molecule has 2 heteroatoms. The molecule has 2 nitrogen and oxygen atoms in total. The summed E-state index contributed by atoms with van der Waals surface area (Å²) >= 11 is 0. The molecule has 0 aromatic heterocycles. The van der Waals surface area contributed by atoms with Gasteiger partial charge in [-0.15, -0.1) is 0 Å². The van der Waals surface area contributed by atoms with Crippen LogP contribution in [0.2, 0.25) is 0 Å². The first kappa shape index (κ1) is 18.2. The second-order valence-electron chi connectivity index (χ2n) is 6.91. The summed E-state index contributed by atoms with van der Waals surface area (Å²) in [6.07, 6.45) is 0.815. The van der Waals surface area contributed by atoms with Crippen LogP contribution >= 0.6 is 0 Å². The molecule has 1 unspecified atom stereocenters. The van der Waals surface area contributed by atoms with Crippen LogP contribution in [0.25, 0.3) is 0 Å². The second kappa shape index (κ2) is 7.64. The van der Waals surface area contributed by atoms with Gasteiger partial charge in [0.1, 0.15) is 5.41 Å². The van der Waals surface area contributed by atoms with Crippen LogP contribution in [0.1, 0.15) is 38.3 Å². The van der Waals surface area contributed by atoms with E-state index in [4.69, 9.17) is 0 Å². The van der Waals surface area contributed by atoms with Crippen LogP contribution in [-0.4, -0.2) is 30.7 Å². The zero-order valence-electron chi connectivity index (χ0n) is 15.4. The molecule has 24 heavy (non-hydrogen) atoms. The van der Waals surface area contributed by atoms with Crippen LogP contribution < -0.4 is 0 Å². The minimum absolute atomic E-state index is 0.389. The summed E-state index contributed by atoms with van der Waals surface area (Å²) in [4.78, 5) is 0. The van der Waals surface area contributed by atoms with Gasteiger partial charge in [0.15, 0.2) is 0 Å². The van der Waals surface area contributed by atoms with Gasteiger partial charge in [-0.1, -0.05) is 60.7 Å². The van der Waals surface area contributed by atoms with E-state index in [9.17, 15) is 5.26 Å². The van der Waals surface area contributed by atoms with Crippen molar-refractivity contribution in [1.29, 1.82) is 5.26 Å². The van der Waals surface area contributed by atoms with Crippen LogP contribution in [-0.2, 0) is 5.41 Å². The highest BCUT2D eigenvalue weighted by Gasteiger charge is 2.40. The van der Waals surface area contributed by atoms with Crippen LogP contribution in [0.5, 0.6) is 0 Å². The molecule has 2 rings (SSSR count). The topological polar surface area (TPSA) is 23.8 Å². The maximum Gasteiger partial charge on any atom is 0.113 e. The number of nitrogens with zero attached hydrogens (tertiary/aromatic N) is 2. The van der Waals surface area contributed by atoms with E-state index in [-0.39, 0.29) is 0 Å². The largest absolute Gasteiger partial charge is 0.324 e. The molecule has 126 valence electrons. The number of quaternary nitrogens is 1. The van der Waals surface area contributed by atoms with Gasteiger partial charge in [-0.25, -0.2) is 0 Å². The third-order valence-electron chi connectivity index (χ3n) is 5.83. The van der Waals surface area contributed by atoms with Crippen LogP contribution in [0.15, 0.2) is 60.7 Å². The van der Waals surface area contributed by atoms with E-state index >= 15 is 0 Å².